The predicted octanol–water partition coefficient (Wildman–Crippen LogP) is 1.04. The molecule has 2 saturated heterocycles. The molecular formula is C8H14NO. The summed E-state index contributed by atoms with van der Waals surface area (Å²) in [5.74, 6) is 0. The molecule has 2 aliphatic heterocycles. The summed E-state index contributed by atoms with van der Waals surface area (Å²) in [4.78, 5) is 2.48. The summed E-state index contributed by atoms with van der Waals surface area (Å²) in [6.07, 6.45) is 4.14. The molecule has 0 bridgehead atoms. The highest BCUT2D eigenvalue weighted by Crippen LogP contribution is 2.26. The molecule has 0 aromatic rings. The van der Waals surface area contributed by atoms with E-state index in [-0.39, 0.29) is 6.10 Å². The molecule has 0 aliphatic carbocycles. The van der Waals surface area contributed by atoms with Gasteiger partial charge in [0.15, 0.2) is 0 Å². The highest BCUT2D eigenvalue weighted by Gasteiger charge is 2.31. The van der Waals surface area contributed by atoms with Crippen LogP contribution in [-0.4, -0.2) is 30.1 Å². The fourth-order valence-corrected chi connectivity index (χ4v) is 2.19. The van der Waals surface area contributed by atoms with Crippen LogP contribution in [0.15, 0.2) is 0 Å². The molecule has 2 fully saturated rings. The minimum absolute atomic E-state index is 0.251. The molecule has 2 atom stereocenters. The first kappa shape index (κ1) is 6.62. The Hall–Kier alpha value is -0.0800. The Labute approximate surface area is 61.8 Å². The predicted molar refractivity (Wildman–Crippen MR) is 38.3 cm³/mol. The van der Waals surface area contributed by atoms with Gasteiger partial charge in [-0.15, -0.1) is 0 Å². The van der Waals surface area contributed by atoms with Crippen molar-refractivity contribution in [3.63, 3.8) is 0 Å². The van der Waals surface area contributed by atoms with Crippen molar-refractivity contribution in [3.05, 3.63) is 0 Å². The van der Waals surface area contributed by atoms with Crippen LogP contribution in [0.4, 0.5) is 0 Å². The monoisotopic (exact) mass is 140 g/mol. The van der Waals surface area contributed by atoms with E-state index in [2.05, 4.69) is 4.90 Å². The van der Waals surface area contributed by atoms with Gasteiger partial charge in [-0.25, -0.2) is 5.11 Å². The van der Waals surface area contributed by atoms with E-state index in [1.54, 1.807) is 0 Å². The van der Waals surface area contributed by atoms with Crippen molar-refractivity contribution < 1.29 is 5.11 Å². The van der Waals surface area contributed by atoms with Gasteiger partial charge in [0, 0.05) is 12.6 Å². The van der Waals surface area contributed by atoms with E-state index >= 15 is 0 Å². The fraction of sp³-hybridized carbons (Fsp3) is 1.00. The summed E-state index contributed by atoms with van der Waals surface area (Å²) >= 11 is 0. The molecule has 2 aliphatic rings. The summed E-state index contributed by atoms with van der Waals surface area (Å²) in [6, 6.07) is 0.663. The second kappa shape index (κ2) is 2.51. The van der Waals surface area contributed by atoms with Gasteiger partial charge in [-0.3, -0.25) is 0 Å². The van der Waals surface area contributed by atoms with E-state index < -0.39 is 0 Å². The smallest absolute Gasteiger partial charge is 0.0957 e. The molecule has 1 radical (unpaired) electrons. The number of hydrogen-bond donors (Lipinski definition) is 0. The van der Waals surface area contributed by atoms with Crippen molar-refractivity contribution in [2.45, 2.75) is 37.8 Å². The number of rotatable bonds is 0. The van der Waals surface area contributed by atoms with Gasteiger partial charge < -0.3 is 4.90 Å². The van der Waals surface area contributed by atoms with Gasteiger partial charge in [-0.2, -0.15) is 0 Å². The van der Waals surface area contributed by atoms with Crippen LogP contribution in [0, 0.1) is 0 Å². The highest BCUT2D eigenvalue weighted by molar-refractivity contribution is 4.85. The zero-order chi connectivity index (χ0) is 6.97. The Morgan fingerprint density at radius 1 is 1.20 bits per heavy atom. The van der Waals surface area contributed by atoms with Crippen molar-refractivity contribution in [2.75, 3.05) is 13.1 Å². The van der Waals surface area contributed by atoms with E-state index in [1.807, 2.05) is 0 Å². The average Bonchev–Trinajstić information content (AvgIpc) is 2.33. The molecule has 2 heterocycles. The number of nitrogens with zero attached hydrogens (tertiary/aromatic N) is 1. The number of hydrogen-bond acceptors (Lipinski definition) is 1. The molecule has 2 unspecified atom stereocenters. The minimum atomic E-state index is -0.251. The summed E-state index contributed by atoms with van der Waals surface area (Å²) in [5.41, 5.74) is 0. The largest absolute Gasteiger partial charge is 0.300 e. The zero-order valence-electron chi connectivity index (χ0n) is 6.25. The van der Waals surface area contributed by atoms with Gasteiger partial charge in [0.25, 0.3) is 0 Å². The van der Waals surface area contributed by atoms with Gasteiger partial charge in [-0.05, 0) is 32.2 Å². The first-order valence-electron chi connectivity index (χ1n) is 4.26. The second-order valence-corrected chi connectivity index (χ2v) is 3.48. The van der Waals surface area contributed by atoms with Gasteiger partial charge in [0.1, 0.15) is 0 Å². The molecule has 0 amide bonds. The Morgan fingerprint density at radius 2 is 2.10 bits per heavy atom. The van der Waals surface area contributed by atoms with E-state index in [1.165, 1.54) is 19.4 Å². The molecule has 57 valence electrons. The van der Waals surface area contributed by atoms with Gasteiger partial charge in [-0.1, -0.05) is 0 Å². The van der Waals surface area contributed by atoms with Crippen LogP contribution in [0.3, 0.4) is 0 Å². The van der Waals surface area contributed by atoms with Gasteiger partial charge in [0.2, 0.25) is 0 Å². The van der Waals surface area contributed by atoms with Crippen LogP contribution in [0.2, 0.25) is 0 Å². The zero-order valence-corrected chi connectivity index (χ0v) is 6.25. The van der Waals surface area contributed by atoms with Crippen LogP contribution in [0.25, 0.3) is 0 Å². The van der Waals surface area contributed by atoms with Crippen LogP contribution in [0.5, 0.6) is 0 Å². The van der Waals surface area contributed by atoms with Crippen LogP contribution in [-0.2, 0) is 5.11 Å². The molecule has 0 spiro atoms. The van der Waals surface area contributed by atoms with E-state index in [0.717, 1.165) is 19.4 Å². The Morgan fingerprint density at radius 3 is 3.00 bits per heavy atom. The molecule has 2 heteroatoms. The summed E-state index contributed by atoms with van der Waals surface area (Å²) in [6.45, 7) is 2.32. The maximum Gasteiger partial charge on any atom is 0.0957 e. The molecule has 10 heavy (non-hydrogen) atoms. The standard InChI is InChI=1S/C8H14NO/c10-8-3-5-9-4-1-2-7(9)6-8/h7-8H,1-6H2. The lowest BCUT2D eigenvalue weighted by atomic mass is 10.0. The summed E-state index contributed by atoms with van der Waals surface area (Å²) < 4.78 is 0. The molecule has 0 aromatic heterocycles. The van der Waals surface area contributed by atoms with Gasteiger partial charge >= 0.3 is 0 Å². The summed E-state index contributed by atoms with van der Waals surface area (Å²) in [5, 5.41) is 11.1. The first-order valence-corrected chi connectivity index (χ1v) is 4.26. The molecule has 2 rings (SSSR count). The maximum atomic E-state index is 11.1. The number of fused-ring (bicyclic) bond motifs is 1. The van der Waals surface area contributed by atoms with Crippen molar-refractivity contribution in [3.8, 4) is 0 Å². The molecule has 0 aromatic carbocycles. The second-order valence-electron chi connectivity index (χ2n) is 3.48. The van der Waals surface area contributed by atoms with Crippen LogP contribution < -0.4 is 0 Å². The number of piperidine rings is 1. The lowest BCUT2D eigenvalue weighted by Gasteiger charge is -2.31. The molecular weight excluding hydrogens is 126 g/mol. The van der Waals surface area contributed by atoms with E-state index in [9.17, 15) is 5.11 Å². The average molecular weight is 140 g/mol. The lowest BCUT2D eigenvalue weighted by molar-refractivity contribution is 0.0125. The normalized spacial score (nSPS) is 41.7. The quantitative estimate of drug-likeness (QED) is 0.493. The minimum Gasteiger partial charge on any atom is -0.300 e. The van der Waals surface area contributed by atoms with E-state index in [0.29, 0.717) is 6.04 Å². The van der Waals surface area contributed by atoms with Crippen molar-refractivity contribution >= 4 is 0 Å². The first-order chi connectivity index (χ1) is 4.86. The fourth-order valence-electron chi connectivity index (χ4n) is 2.19. The third-order valence-electron chi connectivity index (χ3n) is 2.77. The third kappa shape index (κ3) is 1.06. The Bertz CT molecular complexity index is 126. The third-order valence-corrected chi connectivity index (χ3v) is 2.77. The summed E-state index contributed by atoms with van der Waals surface area (Å²) in [7, 11) is 0. The molecule has 2 nitrogen and oxygen atoms in total. The van der Waals surface area contributed by atoms with Crippen molar-refractivity contribution in [2.24, 2.45) is 0 Å². The van der Waals surface area contributed by atoms with Crippen molar-refractivity contribution in [1.82, 2.24) is 4.90 Å². The highest BCUT2D eigenvalue weighted by atomic mass is 16.3. The van der Waals surface area contributed by atoms with Crippen LogP contribution >= 0.6 is 0 Å². The topological polar surface area (TPSA) is 23.1 Å². The lowest BCUT2D eigenvalue weighted by Crippen LogP contribution is -2.39. The Kier molecular flexibility index (Phi) is 1.66. The van der Waals surface area contributed by atoms with Crippen LogP contribution in [0.1, 0.15) is 25.7 Å². The molecule has 0 saturated carbocycles. The Balaban J connectivity index is 1.96. The SMILES string of the molecule is [O]C1CCN2CCCC2C1. The van der Waals surface area contributed by atoms with Gasteiger partial charge in [0.05, 0.1) is 6.10 Å². The van der Waals surface area contributed by atoms with E-state index in [4.69, 9.17) is 0 Å². The maximum absolute atomic E-state index is 11.1. The van der Waals surface area contributed by atoms with Crippen molar-refractivity contribution in [1.29, 1.82) is 0 Å². The molecule has 0 N–H and O–H groups in total.